The topological polar surface area (TPSA) is 41.6 Å². The maximum Gasteiger partial charge on any atom is 0.231 e. The van der Waals surface area contributed by atoms with E-state index >= 15 is 0 Å². The Bertz CT molecular complexity index is 932. The molecule has 0 bridgehead atoms. The van der Waals surface area contributed by atoms with Crippen LogP contribution in [0.3, 0.4) is 0 Å². The molecule has 4 nitrogen and oxygen atoms in total. The van der Waals surface area contributed by atoms with Crippen LogP contribution in [0.4, 0.5) is 0 Å². The molecular weight excluding hydrogens is 384 g/mol. The second-order valence-electron chi connectivity index (χ2n) is 8.95. The fraction of sp³-hybridized carbons (Fsp3) is 0.458. The van der Waals surface area contributed by atoms with E-state index in [1.165, 1.54) is 0 Å². The molecule has 152 valence electrons. The van der Waals surface area contributed by atoms with E-state index in [-0.39, 0.29) is 17.6 Å². The number of carbonyl (C=O) groups excluding carboxylic acids is 1. The van der Waals surface area contributed by atoms with Crippen LogP contribution >= 0.6 is 11.6 Å². The molecule has 2 aliphatic heterocycles. The van der Waals surface area contributed by atoms with Gasteiger partial charge in [0.1, 0.15) is 11.4 Å². The van der Waals surface area contributed by atoms with Crippen LogP contribution in [-0.2, 0) is 10.2 Å². The average Bonchev–Trinajstić information content (AvgIpc) is 3.53. The molecule has 1 N–H and O–H groups in total. The number of ether oxygens (including phenoxy) is 1. The zero-order chi connectivity index (χ0) is 20.1. The average molecular weight is 411 g/mol. The third kappa shape index (κ3) is 3.43. The summed E-state index contributed by atoms with van der Waals surface area (Å²) in [6, 6.07) is 15.9. The highest BCUT2D eigenvalue weighted by Crippen LogP contribution is 2.50. The fourth-order valence-corrected chi connectivity index (χ4v) is 5.12. The van der Waals surface area contributed by atoms with E-state index < -0.39 is 5.41 Å². The molecule has 1 unspecified atom stereocenters. The lowest BCUT2D eigenvalue weighted by Gasteiger charge is -2.46. The number of piperidine rings is 1. The number of hydrogen-bond acceptors (Lipinski definition) is 3. The van der Waals surface area contributed by atoms with Crippen LogP contribution in [0.15, 0.2) is 48.5 Å². The van der Waals surface area contributed by atoms with Gasteiger partial charge >= 0.3 is 0 Å². The molecule has 5 rings (SSSR count). The van der Waals surface area contributed by atoms with E-state index in [1.54, 1.807) is 0 Å². The zero-order valence-corrected chi connectivity index (χ0v) is 17.5. The number of carbonyl (C=O) groups is 1. The molecule has 2 aromatic rings. The van der Waals surface area contributed by atoms with Crippen molar-refractivity contribution in [2.45, 2.75) is 49.2 Å². The van der Waals surface area contributed by atoms with E-state index in [1.807, 2.05) is 42.5 Å². The van der Waals surface area contributed by atoms with E-state index in [0.717, 1.165) is 62.1 Å². The largest absolute Gasteiger partial charge is 0.487 e. The monoisotopic (exact) mass is 410 g/mol. The van der Waals surface area contributed by atoms with Gasteiger partial charge in [0.05, 0.1) is 11.5 Å². The highest BCUT2D eigenvalue weighted by molar-refractivity contribution is 6.30. The quantitative estimate of drug-likeness (QED) is 0.811. The molecule has 1 saturated carbocycles. The summed E-state index contributed by atoms with van der Waals surface area (Å²) in [7, 11) is 2.16. The third-order valence-electron chi connectivity index (χ3n) is 6.96. The van der Waals surface area contributed by atoms with Gasteiger partial charge in [-0.15, -0.1) is 0 Å². The Morgan fingerprint density at radius 1 is 1.10 bits per heavy atom. The number of para-hydroxylation sites is 1. The van der Waals surface area contributed by atoms with Gasteiger partial charge in [-0.25, -0.2) is 0 Å². The molecule has 3 aliphatic rings. The van der Waals surface area contributed by atoms with Gasteiger partial charge in [0.15, 0.2) is 0 Å². The molecule has 2 heterocycles. The molecule has 2 fully saturated rings. The number of nitrogens with zero attached hydrogens (tertiary/aromatic N) is 1. The first-order valence-corrected chi connectivity index (χ1v) is 10.9. The summed E-state index contributed by atoms with van der Waals surface area (Å²) in [5.41, 5.74) is 1.49. The van der Waals surface area contributed by atoms with Crippen molar-refractivity contribution in [2.75, 3.05) is 20.1 Å². The van der Waals surface area contributed by atoms with E-state index in [4.69, 9.17) is 16.3 Å². The van der Waals surface area contributed by atoms with Crippen LogP contribution < -0.4 is 10.1 Å². The van der Waals surface area contributed by atoms with Crippen LogP contribution in [-0.4, -0.2) is 36.5 Å². The summed E-state index contributed by atoms with van der Waals surface area (Å²) >= 11 is 6.20. The van der Waals surface area contributed by atoms with E-state index in [0.29, 0.717) is 5.02 Å². The molecular formula is C24H27ClN2O2. The Labute approximate surface area is 177 Å². The minimum absolute atomic E-state index is 0.0208. The molecule has 1 amide bonds. The zero-order valence-electron chi connectivity index (χ0n) is 16.8. The lowest BCUT2D eigenvalue weighted by atomic mass is 9.80. The van der Waals surface area contributed by atoms with Gasteiger partial charge < -0.3 is 15.0 Å². The Balaban J connectivity index is 1.42. The number of nitrogens with one attached hydrogen (secondary N) is 1. The van der Waals surface area contributed by atoms with Crippen LogP contribution in [0.1, 0.15) is 49.3 Å². The van der Waals surface area contributed by atoms with Gasteiger partial charge in [0.25, 0.3) is 0 Å². The van der Waals surface area contributed by atoms with Crippen molar-refractivity contribution in [1.29, 1.82) is 0 Å². The lowest BCUT2D eigenvalue weighted by Crippen LogP contribution is -2.52. The van der Waals surface area contributed by atoms with Crippen molar-refractivity contribution < 1.29 is 9.53 Å². The summed E-state index contributed by atoms with van der Waals surface area (Å²) in [6.07, 6.45) is 4.56. The highest BCUT2D eigenvalue weighted by atomic mass is 35.5. The Hall–Kier alpha value is -2.04. The number of amides is 1. The van der Waals surface area contributed by atoms with Crippen molar-refractivity contribution >= 4 is 17.5 Å². The van der Waals surface area contributed by atoms with Gasteiger partial charge in [-0.3, -0.25) is 4.79 Å². The van der Waals surface area contributed by atoms with E-state index in [2.05, 4.69) is 23.3 Å². The SMILES string of the molecule is CN1CCC2(CC1)CC(NC(=O)C1(c3cccc(Cl)c3)CC1)c1ccccc1O2. The van der Waals surface area contributed by atoms with Crippen LogP contribution in [0.5, 0.6) is 5.75 Å². The molecule has 1 saturated heterocycles. The van der Waals surface area contributed by atoms with Gasteiger partial charge in [-0.05, 0) is 56.5 Å². The first-order valence-electron chi connectivity index (χ1n) is 10.5. The summed E-state index contributed by atoms with van der Waals surface area (Å²) in [4.78, 5) is 15.8. The van der Waals surface area contributed by atoms with Gasteiger partial charge in [-0.2, -0.15) is 0 Å². The second kappa shape index (κ2) is 7.03. The van der Waals surface area contributed by atoms with Crippen molar-refractivity contribution in [3.05, 3.63) is 64.7 Å². The normalized spacial score (nSPS) is 24.4. The maximum atomic E-state index is 13.4. The molecule has 1 spiro atoms. The number of benzene rings is 2. The molecule has 29 heavy (non-hydrogen) atoms. The second-order valence-corrected chi connectivity index (χ2v) is 9.39. The predicted molar refractivity (Wildman–Crippen MR) is 114 cm³/mol. The summed E-state index contributed by atoms with van der Waals surface area (Å²) in [6.45, 7) is 2.05. The maximum absolute atomic E-state index is 13.4. The Morgan fingerprint density at radius 2 is 1.86 bits per heavy atom. The minimum atomic E-state index is -0.432. The summed E-state index contributed by atoms with van der Waals surface area (Å²) in [5, 5.41) is 4.09. The summed E-state index contributed by atoms with van der Waals surface area (Å²) in [5.74, 6) is 1.03. The smallest absolute Gasteiger partial charge is 0.231 e. The Kier molecular flexibility index (Phi) is 4.60. The van der Waals surface area contributed by atoms with Crippen molar-refractivity contribution in [3.63, 3.8) is 0 Å². The van der Waals surface area contributed by atoms with E-state index in [9.17, 15) is 4.79 Å². The summed E-state index contributed by atoms with van der Waals surface area (Å²) < 4.78 is 6.53. The first kappa shape index (κ1) is 19.0. The van der Waals surface area contributed by atoms with Gasteiger partial charge in [0.2, 0.25) is 5.91 Å². The predicted octanol–water partition coefficient (Wildman–Crippen LogP) is 4.48. The minimum Gasteiger partial charge on any atom is -0.487 e. The Morgan fingerprint density at radius 3 is 2.59 bits per heavy atom. The molecule has 1 atom stereocenters. The molecule has 0 radical (unpaired) electrons. The van der Waals surface area contributed by atoms with Gasteiger partial charge in [0, 0.05) is 30.1 Å². The highest BCUT2D eigenvalue weighted by Gasteiger charge is 2.53. The van der Waals surface area contributed by atoms with Crippen molar-refractivity contribution in [3.8, 4) is 5.75 Å². The fourth-order valence-electron chi connectivity index (χ4n) is 4.93. The first-order chi connectivity index (χ1) is 14.0. The van der Waals surface area contributed by atoms with Crippen LogP contribution in [0.25, 0.3) is 0 Å². The number of rotatable bonds is 3. The number of likely N-dealkylation sites (tertiary alicyclic amines) is 1. The number of halogens is 1. The molecule has 1 aliphatic carbocycles. The van der Waals surface area contributed by atoms with Crippen LogP contribution in [0.2, 0.25) is 5.02 Å². The van der Waals surface area contributed by atoms with Crippen LogP contribution in [0, 0.1) is 0 Å². The van der Waals surface area contributed by atoms with Crippen molar-refractivity contribution in [1.82, 2.24) is 10.2 Å². The lowest BCUT2D eigenvalue weighted by molar-refractivity contribution is -0.125. The standard InChI is InChI=1S/C24H27ClN2O2/c1-27-13-11-23(12-14-27)16-20(19-7-2-3-8-21(19)29-23)26-22(28)24(9-10-24)17-5-4-6-18(25)15-17/h2-8,15,20H,9-14,16H2,1H3,(H,26,28). The molecule has 5 heteroatoms. The van der Waals surface area contributed by atoms with Crippen molar-refractivity contribution in [2.24, 2.45) is 0 Å². The molecule has 2 aromatic carbocycles. The third-order valence-corrected chi connectivity index (χ3v) is 7.20. The number of fused-ring (bicyclic) bond motifs is 1. The van der Waals surface area contributed by atoms with Gasteiger partial charge in [-0.1, -0.05) is 41.9 Å². The molecule has 0 aromatic heterocycles. The number of hydrogen-bond donors (Lipinski definition) is 1.